The molecular weight excluding hydrogens is 200 g/mol. The number of hydrogen-bond acceptors (Lipinski definition) is 3. The van der Waals surface area contributed by atoms with Gasteiger partial charge in [0.2, 0.25) is 5.88 Å². The molecule has 0 unspecified atom stereocenters. The lowest BCUT2D eigenvalue weighted by atomic mass is 10.1. The van der Waals surface area contributed by atoms with Crippen molar-refractivity contribution in [1.82, 2.24) is 4.98 Å². The molecule has 0 aliphatic rings. The Morgan fingerprint density at radius 1 is 1.12 bits per heavy atom. The van der Waals surface area contributed by atoms with E-state index in [2.05, 4.69) is 4.98 Å². The Kier molecular flexibility index (Phi) is 3.17. The highest BCUT2D eigenvalue weighted by molar-refractivity contribution is 5.33. The maximum atomic E-state index is 5.85. The topological polar surface area (TPSA) is 48.1 Å². The monoisotopic (exact) mass is 214 g/mol. The minimum absolute atomic E-state index is 0.0904. The van der Waals surface area contributed by atoms with Crippen LogP contribution in [-0.4, -0.2) is 4.98 Å². The third kappa shape index (κ3) is 2.38. The first-order valence-electron chi connectivity index (χ1n) is 5.21. The minimum atomic E-state index is -0.0904. The summed E-state index contributed by atoms with van der Waals surface area (Å²) < 4.78 is 5.68. The van der Waals surface area contributed by atoms with Crippen LogP contribution < -0.4 is 10.5 Å². The van der Waals surface area contributed by atoms with E-state index in [9.17, 15) is 0 Å². The normalized spacial score (nSPS) is 12.1. The fourth-order valence-electron chi connectivity index (χ4n) is 1.44. The molecule has 0 saturated carbocycles. The molecule has 2 rings (SSSR count). The third-order valence-electron chi connectivity index (χ3n) is 2.25. The van der Waals surface area contributed by atoms with Crippen LogP contribution in [0.1, 0.15) is 18.5 Å². The Bertz CT molecular complexity index is 454. The molecule has 2 aromatic rings. The van der Waals surface area contributed by atoms with Gasteiger partial charge in [-0.15, -0.1) is 0 Å². The number of nitrogens with two attached hydrogens (primary N) is 1. The van der Waals surface area contributed by atoms with Gasteiger partial charge in [0.25, 0.3) is 0 Å². The van der Waals surface area contributed by atoms with Crippen LogP contribution >= 0.6 is 0 Å². The van der Waals surface area contributed by atoms with E-state index in [-0.39, 0.29) is 6.04 Å². The highest BCUT2D eigenvalue weighted by Gasteiger charge is 2.09. The molecule has 0 radical (unpaired) electrons. The van der Waals surface area contributed by atoms with E-state index in [0.29, 0.717) is 5.88 Å². The van der Waals surface area contributed by atoms with Gasteiger partial charge in [-0.05, 0) is 25.1 Å². The largest absolute Gasteiger partial charge is 0.439 e. The zero-order chi connectivity index (χ0) is 11.4. The van der Waals surface area contributed by atoms with Gasteiger partial charge in [0.15, 0.2) is 0 Å². The van der Waals surface area contributed by atoms with Gasteiger partial charge < -0.3 is 10.5 Å². The summed E-state index contributed by atoms with van der Waals surface area (Å²) in [6, 6.07) is 13.3. The maximum Gasteiger partial charge on any atom is 0.223 e. The van der Waals surface area contributed by atoms with Crippen LogP contribution in [0.5, 0.6) is 11.6 Å². The van der Waals surface area contributed by atoms with E-state index in [1.165, 1.54) is 0 Å². The summed E-state index contributed by atoms with van der Waals surface area (Å²) in [5.41, 5.74) is 6.76. The average molecular weight is 214 g/mol. The maximum absolute atomic E-state index is 5.85. The molecule has 0 fully saturated rings. The van der Waals surface area contributed by atoms with Gasteiger partial charge in [-0.3, -0.25) is 0 Å². The number of hydrogen-bond donors (Lipinski definition) is 1. The highest BCUT2D eigenvalue weighted by atomic mass is 16.5. The molecule has 82 valence electrons. The van der Waals surface area contributed by atoms with Crippen molar-refractivity contribution in [3.05, 3.63) is 54.2 Å². The van der Waals surface area contributed by atoms with Crippen LogP contribution in [0.15, 0.2) is 48.7 Å². The molecule has 2 N–H and O–H groups in total. The summed E-state index contributed by atoms with van der Waals surface area (Å²) in [4.78, 5) is 4.19. The molecule has 1 aromatic heterocycles. The van der Waals surface area contributed by atoms with Crippen molar-refractivity contribution in [2.75, 3.05) is 0 Å². The van der Waals surface area contributed by atoms with Gasteiger partial charge in [0, 0.05) is 17.8 Å². The van der Waals surface area contributed by atoms with Crippen molar-refractivity contribution in [3.63, 3.8) is 0 Å². The zero-order valence-electron chi connectivity index (χ0n) is 9.13. The summed E-state index contributed by atoms with van der Waals surface area (Å²) in [5, 5.41) is 0. The lowest BCUT2D eigenvalue weighted by Gasteiger charge is -2.11. The van der Waals surface area contributed by atoms with E-state index >= 15 is 0 Å². The first kappa shape index (κ1) is 10.6. The Labute approximate surface area is 94.9 Å². The van der Waals surface area contributed by atoms with Crippen LogP contribution in [-0.2, 0) is 0 Å². The Morgan fingerprint density at radius 2 is 1.88 bits per heavy atom. The van der Waals surface area contributed by atoms with Gasteiger partial charge >= 0.3 is 0 Å². The first-order valence-corrected chi connectivity index (χ1v) is 5.21. The molecule has 1 heterocycles. The number of aromatic nitrogens is 1. The number of nitrogens with zero attached hydrogens (tertiary/aromatic N) is 1. The Morgan fingerprint density at radius 3 is 2.56 bits per heavy atom. The number of ether oxygens (including phenoxy) is 1. The second-order valence-electron chi connectivity index (χ2n) is 3.60. The van der Waals surface area contributed by atoms with Crippen molar-refractivity contribution < 1.29 is 4.74 Å². The van der Waals surface area contributed by atoms with Gasteiger partial charge in [-0.2, -0.15) is 0 Å². The second-order valence-corrected chi connectivity index (χ2v) is 3.60. The van der Waals surface area contributed by atoms with Crippen LogP contribution in [0.25, 0.3) is 0 Å². The van der Waals surface area contributed by atoms with Crippen molar-refractivity contribution in [3.8, 4) is 11.6 Å². The zero-order valence-corrected chi connectivity index (χ0v) is 9.13. The van der Waals surface area contributed by atoms with Crippen LogP contribution in [0.4, 0.5) is 0 Å². The molecule has 0 aliphatic carbocycles. The summed E-state index contributed by atoms with van der Waals surface area (Å²) in [6.07, 6.45) is 1.70. The number of para-hydroxylation sites is 1. The molecule has 1 atom stereocenters. The van der Waals surface area contributed by atoms with Crippen molar-refractivity contribution in [2.45, 2.75) is 13.0 Å². The molecule has 1 aromatic carbocycles. The van der Waals surface area contributed by atoms with Crippen molar-refractivity contribution in [2.24, 2.45) is 5.73 Å². The first-order chi connectivity index (χ1) is 7.77. The SMILES string of the molecule is C[C@@H](N)c1cccnc1Oc1ccccc1. The third-order valence-corrected chi connectivity index (χ3v) is 2.25. The molecule has 3 heteroatoms. The quantitative estimate of drug-likeness (QED) is 0.854. The lowest BCUT2D eigenvalue weighted by molar-refractivity contribution is 0.452. The van der Waals surface area contributed by atoms with Crippen LogP contribution in [0, 0.1) is 0 Å². The fraction of sp³-hybridized carbons (Fsp3) is 0.154. The fourth-order valence-corrected chi connectivity index (χ4v) is 1.44. The molecule has 0 amide bonds. The summed E-state index contributed by atoms with van der Waals surface area (Å²) in [7, 11) is 0. The van der Waals surface area contributed by atoms with Crippen molar-refractivity contribution in [1.29, 1.82) is 0 Å². The standard InChI is InChI=1S/C13H14N2O/c1-10(14)12-8-5-9-15-13(12)16-11-6-3-2-4-7-11/h2-10H,14H2,1H3/t10-/m1/s1. The summed E-state index contributed by atoms with van der Waals surface area (Å²) in [5.74, 6) is 1.34. The smallest absolute Gasteiger partial charge is 0.223 e. The summed E-state index contributed by atoms with van der Waals surface area (Å²) in [6.45, 7) is 1.91. The number of pyridine rings is 1. The molecule has 0 aliphatic heterocycles. The molecule has 16 heavy (non-hydrogen) atoms. The van der Waals surface area contributed by atoms with Gasteiger partial charge in [0.05, 0.1) is 0 Å². The minimum Gasteiger partial charge on any atom is -0.439 e. The predicted molar refractivity (Wildman–Crippen MR) is 63.4 cm³/mol. The molecular formula is C13H14N2O. The molecule has 0 saturated heterocycles. The highest BCUT2D eigenvalue weighted by Crippen LogP contribution is 2.25. The van der Waals surface area contributed by atoms with E-state index in [0.717, 1.165) is 11.3 Å². The van der Waals surface area contributed by atoms with Crippen molar-refractivity contribution >= 4 is 0 Å². The Balaban J connectivity index is 2.28. The van der Waals surface area contributed by atoms with Gasteiger partial charge in [-0.1, -0.05) is 24.3 Å². The number of rotatable bonds is 3. The summed E-state index contributed by atoms with van der Waals surface area (Å²) >= 11 is 0. The van der Waals surface area contributed by atoms with Crippen LogP contribution in [0.2, 0.25) is 0 Å². The number of benzene rings is 1. The van der Waals surface area contributed by atoms with E-state index < -0.39 is 0 Å². The van der Waals surface area contributed by atoms with Gasteiger partial charge in [0.1, 0.15) is 5.75 Å². The average Bonchev–Trinajstić information content (AvgIpc) is 2.31. The van der Waals surface area contributed by atoms with Gasteiger partial charge in [-0.25, -0.2) is 4.98 Å². The second kappa shape index (κ2) is 4.77. The predicted octanol–water partition coefficient (Wildman–Crippen LogP) is 2.89. The molecule has 3 nitrogen and oxygen atoms in total. The molecule has 0 spiro atoms. The van der Waals surface area contributed by atoms with Crippen LogP contribution in [0.3, 0.4) is 0 Å². The van der Waals surface area contributed by atoms with E-state index in [4.69, 9.17) is 10.5 Å². The van der Waals surface area contributed by atoms with E-state index in [1.807, 2.05) is 49.4 Å². The molecule has 0 bridgehead atoms. The lowest BCUT2D eigenvalue weighted by Crippen LogP contribution is -2.07. The Hall–Kier alpha value is -1.87. The van der Waals surface area contributed by atoms with E-state index in [1.54, 1.807) is 6.20 Å².